The molecule has 0 bridgehead atoms. The highest BCUT2D eigenvalue weighted by atomic mass is 16.7. The molecule has 0 spiro atoms. The summed E-state index contributed by atoms with van der Waals surface area (Å²) in [7, 11) is 4.05. The number of hydrogen-bond donors (Lipinski definition) is 1. The van der Waals surface area contributed by atoms with E-state index in [4.69, 9.17) is 23.7 Å². The second-order valence-electron chi connectivity index (χ2n) is 15.4. The number of nitrogens with one attached hydrogen (secondary N) is 1. The largest absolute Gasteiger partial charge is 0.457 e. The third-order valence-electron chi connectivity index (χ3n) is 10.9. The normalized spacial score (nSPS) is 41.0. The Bertz CT molecular complexity index is 1260. The van der Waals surface area contributed by atoms with Gasteiger partial charge in [-0.1, -0.05) is 47.5 Å². The maximum atomic E-state index is 14.6. The summed E-state index contributed by atoms with van der Waals surface area (Å²) < 4.78 is 31.7. The zero-order valence-electron chi connectivity index (χ0n) is 31.4. The fourth-order valence-corrected chi connectivity index (χ4v) is 8.01. The van der Waals surface area contributed by atoms with Crippen LogP contribution in [0.4, 0.5) is 4.79 Å². The Morgan fingerprint density at radius 1 is 0.958 bits per heavy atom. The van der Waals surface area contributed by atoms with Gasteiger partial charge < -0.3 is 33.9 Å². The standard InChI is InChI=1S/C37H60N2O9/c1-14-16-17-18-44-36(10)20-21(3)28(40)24(6)29-37(11,48-34(43)38-29)27(15-2)46-33(42)35(8,9)30(41)25(7)31(36)47-32-23(5)26(39(12)13)19-22(4)45-32/h21-27,29,31-32H,14-15,18-20H2,1-13H3,(H,38,43)/t21-,22-,23-,24+,25+,26+,27-,29-,31-,32+,36+,37-/m1/s1. The number of hydrogen-bond acceptors (Lipinski definition) is 10. The Balaban J connectivity index is 2.20. The number of fused-ring (bicyclic) bond motifs is 1. The molecule has 48 heavy (non-hydrogen) atoms. The van der Waals surface area contributed by atoms with Crippen LogP contribution in [-0.4, -0.2) is 97.1 Å². The predicted octanol–water partition coefficient (Wildman–Crippen LogP) is 4.93. The van der Waals surface area contributed by atoms with Gasteiger partial charge in [-0.05, 0) is 68.0 Å². The van der Waals surface area contributed by atoms with Gasteiger partial charge in [0.1, 0.15) is 23.9 Å². The lowest BCUT2D eigenvalue weighted by Gasteiger charge is -2.48. The Hall–Kier alpha value is -2.52. The number of carbonyl (C=O) groups is 4. The van der Waals surface area contributed by atoms with Crippen LogP contribution in [0.1, 0.15) is 102 Å². The second-order valence-corrected chi connectivity index (χ2v) is 15.4. The van der Waals surface area contributed by atoms with Crippen molar-refractivity contribution in [2.45, 2.75) is 150 Å². The van der Waals surface area contributed by atoms with Crippen molar-refractivity contribution in [1.82, 2.24) is 10.2 Å². The number of esters is 1. The van der Waals surface area contributed by atoms with Gasteiger partial charge in [0.15, 0.2) is 17.7 Å². The van der Waals surface area contributed by atoms with Gasteiger partial charge in [-0.15, -0.1) is 5.92 Å². The average Bonchev–Trinajstić information content (AvgIpc) is 3.33. The number of rotatable bonds is 6. The van der Waals surface area contributed by atoms with E-state index in [-0.39, 0.29) is 36.9 Å². The molecule has 1 N–H and O–H groups in total. The molecule has 3 heterocycles. The average molecular weight is 677 g/mol. The summed E-state index contributed by atoms with van der Waals surface area (Å²) in [6, 6.07) is -0.628. The van der Waals surface area contributed by atoms with Gasteiger partial charge in [0, 0.05) is 36.1 Å². The molecule has 0 aliphatic carbocycles. The summed E-state index contributed by atoms with van der Waals surface area (Å²) in [4.78, 5) is 57.6. The third kappa shape index (κ3) is 8.09. The summed E-state index contributed by atoms with van der Waals surface area (Å²) in [6.07, 6.45) is -1.41. The highest BCUT2D eigenvalue weighted by molar-refractivity contribution is 6.04. The molecule has 0 aromatic heterocycles. The van der Waals surface area contributed by atoms with E-state index in [1.807, 2.05) is 48.7 Å². The summed E-state index contributed by atoms with van der Waals surface area (Å²) in [6.45, 7) is 19.8. The van der Waals surface area contributed by atoms with Crippen molar-refractivity contribution in [2.24, 2.45) is 29.1 Å². The van der Waals surface area contributed by atoms with Crippen LogP contribution in [0.5, 0.6) is 0 Å². The summed E-state index contributed by atoms with van der Waals surface area (Å²) >= 11 is 0. The molecule has 11 nitrogen and oxygen atoms in total. The third-order valence-corrected chi connectivity index (χ3v) is 10.9. The molecule has 0 aromatic rings. The fraction of sp³-hybridized carbons (Fsp3) is 0.838. The topological polar surface area (TPSA) is 130 Å². The molecule has 3 saturated heterocycles. The Morgan fingerprint density at radius 3 is 2.19 bits per heavy atom. The minimum Gasteiger partial charge on any atom is -0.457 e. The van der Waals surface area contributed by atoms with E-state index < -0.39 is 76.8 Å². The zero-order chi connectivity index (χ0) is 36.4. The highest BCUT2D eigenvalue weighted by Crippen LogP contribution is 2.42. The SMILES string of the molecule is CCC#CCO[C@@]1(C)C[C@@H](C)C(=O)[C@H](C)[C@H]2NC(=O)O[C@]2(C)[C@@H](CC)OC(=O)C(C)(C)C(=O)[C@H](C)[C@H]1O[C@@H]1O[C@H](C)C[C@H](N(C)C)[C@H]1C. The number of carbonyl (C=O) groups excluding carboxylic acids is 4. The minimum atomic E-state index is -1.60. The number of amides is 1. The van der Waals surface area contributed by atoms with E-state index in [9.17, 15) is 19.2 Å². The van der Waals surface area contributed by atoms with Gasteiger partial charge in [-0.3, -0.25) is 14.4 Å². The van der Waals surface area contributed by atoms with Crippen LogP contribution in [0.2, 0.25) is 0 Å². The van der Waals surface area contributed by atoms with Crippen LogP contribution in [0, 0.1) is 40.9 Å². The Labute approximate surface area is 287 Å². The number of alkyl carbamates (subject to hydrolysis) is 1. The van der Waals surface area contributed by atoms with Crippen molar-refractivity contribution >= 4 is 23.6 Å². The van der Waals surface area contributed by atoms with Gasteiger partial charge in [0.2, 0.25) is 0 Å². The van der Waals surface area contributed by atoms with Crippen molar-refractivity contribution in [1.29, 1.82) is 0 Å². The quantitative estimate of drug-likeness (QED) is 0.235. The van der Waals surface area contributed by atoms with Gasteiger partial charge in [-0.25, -0.2) is 4.79 Å². The monoisotopic (exact) mass is 676 g/mol. The highest BCUT2D eigenvalue weighted by Gasteiger charge is 2.58. The summed E-state index contributed by atoms with van der Waals surface area (Å²) in [5.74, 6) is 2.53. The van der Waals surface area contributed by atoms with E-state index >= 15 is 0 Å². The molecule has 1 amide bonds. The minimum absolute atomic E-state index is 0.0492. The molecule has 272 valence electrons. The first-order chi connectivity index (χ1) is 22.2. The van der Waals surface area contributed by atoms with Crippen molar-refractivity contribution in [3.05, 3.63) is 0 Å². The molecule has 3 aliphatic heterocycles. The van der Waals surface area contributed by atoms with Crippen molar-refractivity contribution in [3.63, 3.8) is 0 Å². The predicted molar refractivity (Wildman–Crippen MR) is 181 cm³/mol. The van der Waals surface area contributed by atoms with Gasteiger partial charge >= 0.3 is 12.1 Å². The van der Waals surface area contributed by atoms with Gasteiger partial charge in [-0.2, -0.15) is 0 Å². The van der Waals surface area contributed by atoms with Crippen LogP contribution in [0.3, 0.4) is 0 Å². The summed E-state index contributed by atoms with van der Waals surface area (Å²) in [5.41, 5.74) is -4.17. The van der Waals surface area contributed by atoms with Crippen LogP contribution in [0.25, 0.3) is 0 Å². The molecule has 0 radical (unpaired) electrons. The maximum Gasteiger partial charge on any atom is 0.408 e. The number of ketones is 2. The van der Waals surface area contributed by atoms with Crippen molar-refractivity contribution in [2.75, 3.05) is 20.7 Å². The maximum absolute atomic E-state index is 14.6. The number of cyclic esters (lactones) is 1. The molecular weight excluding hydrogens is 616 g/mol. The summed E-state index contributed by atoms with van der Waals surface area (Å²) in [5, 5.41) is 2.81. The van der Waals surface area contributed by atoms with Crippen molar-refractivity contribution < 1.29 is 42.9 Å². The molecule has 0 unspecified atom stereocenters. The lowest BCUT2D eigenvalue weighted by Crippen LogP contribution is -2.60. The zero-order valence-corrected chi connectivity index (χ0v) is 31.4. The smallest absolute Gasteiger partial charge is 0.408 e. The van der Waals surface area contributed by atoms with E-state index in [0.717, 1.165) is 6.42 Å². The van der Waals surface area contributed by atoms with Gasteiger partial charge in [0.05, 0.1) is 23.9 Å². The Kier molecular flexibility index (Phi) is 13.0. The lowest BCUT2D eigenvalue weighted by molar-refractivity contribution is -0.282. The van der Waals surface area contributed by atoms with Crippen LogP contribution in [-0.2, 0) is 38.1 Å². The van der Waals surface area contributed by atoms with Crippen LogP contribution in [0.15, 0.2) is 0 Å². The number of ether oxygens (including phenoxy) is 5. The van der Waals surface area contributed by atoms with Crippen LogP contribution < -0.4 is 5.32 Å². The van der Waals surface area contributed by atoms with Crippen LogP contribution >= 0.6 is 0 Å². The van der Waals surface area contributed by atoms with E-state index in [2.05, 4.69) is 29.0 Å². The number of Topliss-reactive ketones (excluding diaryl/α,β-unsaturated/α-hetero) is 2. The molecule has 12 atom stereocenters. The molecular formula is C37H60N2O9. The van der Waals surface area contributed by atoms with Crippen molar-refractivity contribution in [3.8, 4) is 11.8 Å². The fourth-order valence-electron chi connectivity index (χ4n) is 8.01. The van der Waals surface area contributed by atoms with E-state index in [1.54, 1.807) is 34.6 Å². The number of nitrogens with zero attached hydrogens (tertiary/aromatic N) is 1. The van der Waals surface area contributed by atoms with E-state index in [1.165, 1.54) is 0 Å². The first-order valence-corrected chi connectivity index (χ1v) is 17.6. The second kappa shape index (κ2) is 15.6. The molecule has 0 saturated carbocycles. The van der Waals surface area contributed by atoms with E-state index in [0.29, 0.717) is 12.8 Å². The first kappa shape index (κ1) is 39.9. The first-order valence-electron chi connectivity index (χ1n) is 17.6. The molecule has 3 fully saturated rings. The molecule has 3 rings (SSSR count). The Morgan fingerprint density at radius 2 is 1.60 bits per heavy atom. The molecule has 0 aromatic carbocycles. The van der Waals surface area contributed by atoms with Gasteiger partial charge in [0.25, 0.3) is 0 Å². The molecule has 3 aliphatic rings. The molecule has 11 heteroatoms. The lowest BCUT2D eigenvalue weighted by atomic mass is 9.71.